The normalized spacial score (nSPS) is 23.8. The van der Waals surface area contributed by atoms with Crippen LogP contribution in [0.2, 0.25) is 0 Å². The van der Waals surface area contributed by atoms with Gasteiger partial charge in [0.15, 0.2) is 0 Å². The first-order valence-corrected chi connectivity index (χ1v) is 3.33. The van der Waals surface area contributed by atoms with Crippen molar-refractivity contribution in [2.24, 2.45) is 5.73 Å². The highest BCUT2D eigenvalue weighted by Crippen LogP contribution is 2.14. The number of nitrogens with zero attached hydrogens (tertiary/aromatic N) is 1. The number of amidine groups is 1. The summed E-state index contributed by atoms with van der Waals surface area (Å²) in [5.41, 5.74) is 5.21. The molecule has 0 aromatic heterocycles. The summed E-state index contributed by atoms with van der Waals surface area (Å²) >= 11 is 0. The number of nitrogens with two attached hydrogens (primary N) is 1. The minimum atomic E-state index is -0.707. The van der Waals surface area contributed by atoms with Crippen molar-refractivity contribution in [3.05, 3.63) is 0 Å². The topological polar surface area (TPSA) is 53.1 Å². The predicted octanol–water partition coefficient (Wildman–Crippen LogP) is -0.0354. The number of hydrogen-bond acceptors (Lipinski definition) is 2. The highest BCUT2D eigenvalue weighted by molar-refractivity contribution is 5.82. The summed E-state index contributed by atoms with van der Waals surface area (Å²) in [5, 5.41) is 7.05. The molecule has 1 unspecified atom stereocenters. The number of halogens is 1. The molecule has 1 atom stereocenters. The first kappa shape index (κ1) is 7.47. The van der Waals surface area contributed by atoms with Crippen LogP contribution in [-0.2, 0) is 0 Å². The highest BCUT2D eigenvalue weighted by Gasteiger charge is 2.30. The third-order valence-corrected chi connectivity index (χ3v) is 1.86. The van der Waals surface area contributed by atoms with Gasteiger partial charge in [0.25, 0.3) is 0 Å². The fourth-order valence-corrected chi connectivity index (χ4v) is 0.968. The fraction of sp³-hybridized carbons (Fsp3) is 0.833. The predicted molar refractivity (Wildman–Crippen MR) is 37.8 cm³/mol. The molecule has 0 spiro atoms. The Morgan fingerprint density at radius 1 is 1.80 bits per heavy atom. The van der Waals surface area contributed by atoms with Gasteiger partial charge in [-0.25, -0.2) is 4.39 Å². The van der Waals surface area contributed by atoms with E-state index in [1.54, 1.807) is 0 Å². The van der Waals surface area contributed by atoms with Crippen LogP contribution in [0.5, 0.6) is 0 Å². The van der Waals surface area contributed by atoms with E-state index >= 15 is 0 Å². The standard InChI is InChI=1S/C6H12FN3/c1-4(6(8)9)10-2-5(7)3-10/h4-5H,2-3H2,1H3,(H3,8,9). The van der Waals surface area contributed by atoms with Gasteiger partial charge in [-0.05, 0) is 6.92 Å². The van der Waals surface area contributed by atoms with Crippen LogP contribution < -0.4 is 5.73 Å². The van der Waals surface area contributed by atoms with Crippen molar-refractivity contribution in [3.63, 3.8) is 0 Å². The number of rotatable bonds is 2. The van der Waals surface area contributed by atoms with Crippen molar-refractivity contribution in [3.8, 4) is 0 Å². The number of likely N-dealkylation sites (tertiary alicyclic amines) is 1. The van der Waals surface area contributed by atoms with Gasteiger partial charge < -0.3 is 5.73 Å². The summed E-state index contributed by atoms with van der Waals surface area (Å²) in [5.74, 6) is 0.118. The molecule has 1 heterocycles. The van der Waals surface area contributed by atoms with Gasteiger partial charge in [0.1, 0.15) is 12.0 Å². The van der Waals surface area contributed by atoms with Crippen molar-refractivity contribution < 1.29 is 4.39 Å². The summed E-state index contributed by atoms with van der Waals surface area (Å²) in [6.45, 7) is 2.68. The van der Waals surface area contributed by atoms with E-state index in [-0.39, 0.29) is 11.9 Å². The van der Waals surface area contributed by atoms with Crippen molar-refractivity contribution in [2.75, 3.05) is 13.1 Å². The van der Waals surface area contributed by atoms with Gasteiger partial charge in [-0.1, -0.05) is 0 Å². The summed E-state index contributed by atoms with van der Waals surface area (Å²) in [6.07, 6.45) is -0.707. The van der Waals surface area contributed by atoms with Gasteiger partial charge in [-0.15, -0.1) is 0 Å². The Labute approximate surface area is 59.5 Å². The third-order valence-electron chi connectivity index (χ3n) is 1.86. The number of hydrogen-bond donors (Lipinski definition) is 2. The minimum absolute atomic E-state index is 0.0907. The molecule has 10 heavy (non-hydrogen) atoms. The molecule has 0 aliphatic carbocycles. The van der Waals surface area contributed by atoms with Crippen LogP contribution in [0, 0.1) is 5.41 Å². The molecule has 0 aromatic rings. The molecule has 1 fully saturated rings. The molecule has 0 aromatic carbocycles. The molecule has 3 N–H and O–H groups in total. The van der Waals surface area contributed by atoms with Crippen molar-refractivity contribution in [1.29, 1.82) is 5.41 Å². The van der Waals surface area contributed by atoms with Crippen LogP contribution in [0.25, 0.3) is 0 Å². The summed E-state index contributed by atoms with van der Waals surface area (Å²) in [6, 6.07) is -0.0907. The molecule has 4 heteroatoms. The van der Waals surface area contributed by atoms with E-state index in [0.717, 1.165) is 0 Å². The second kappa shape index (κ2) is 2.54. The lowest BCUT2D eigenvalue weighted by molar-refractivity contribution is 0.0538. The van der Waals surface area contributed by atoms with Gasteiger partial charge in [-0.2, -0.15) is 0 Å². The molecule has 3 nitrogen and oxygen atoms in total. The third kappa shape index (κ3) is 1.26. The van der Waals surface area contributed by atoms with Crippen LogP contribution in [-0.4, -0.2) is 36.0 Å². The Hall–Kier alpha value is -0.640. The highest BCUT2D eigenvalue weighted by atomic mass is 19.1. The second-order valence-corrected chi connectivity index (χ2v) is 2.68. The van der Waals surface area contributed by atoms with E-state index in [1.165, 1.54) is 0 Å². The van der Waals surface area contributed by atoms with Crippen LogP contribution >= 0.6 is 0 Å². The average Bonchev–Trinajstić information content (AvgIpc) is 1.79. The zero-order valence-corrected chi connectivity index (χ0v) is 5.97. The van der Waals surface area contributed by atoms with Crippen molar-refractivity contribution in [2.45, 2.75) is 19.1 Å². The lowest BCUT2D eigenvalue weighted by Crippen LogP contribution is -2.56. The first-order valence-electron chi connectivity index (χ1n) is 3.33. The smallest absolute Gasteiger partial charge is 0.125 e. The molecule has 1 saturated heterocycles. The van der Waals surface area contributed by atoms with Gasteiger partial charge in [-0.3, -0.25) is 10.3 Å². The average molecular weight is 145 g/mol. The van der Waals surface area contributed by atoms with Gasteiger partial charge in [0.2, 0.25) is 0 Å². The molecule has 0 radical (unpaired) electrons. The Kier molecular flexibility index (Phi) is 1.89. The quantitative estimate of drug-likeness (QED) is 0.423. The Bertz CT molecular complexity index is 142. The van der Waals surface area contributed by atoms with Gasteiger partial charge in [0.05, 0.1) is 6.04 Å². The van der Waals surface area contributed by atoms with Gasteiger partial charge in [0, 0.05) is 13.1 Å². The maximum Gasteiger partial charge on any atom is 0.125 e. The molecule has 1 rings (SSSR count). The van der Waals surface area contributed by atoms with Crippen LogP contribution in [0.1, 0.15) is 6.92 Å². The SMILES string of the molecule is CC(C(=N)N)N1CC(F)C1. The van der Waals surface area contributed by atoms with E-state index in [2.05, 4.69) is 0 Å². The van der Waals surface area contributed by atoms with E-state index in [9.17, 15) is 4.39 Å². The van der Waals surface area contributed by atoms with E-state index in [0.29, 0.717) is 13.1 Å². The lowest BCUT2D eigenvalue weighted by Gasteiger charge is -2.38. The maximum atomic E-state index is 12.2. The summed E-state index contributed by atoms with van der Waals surface area (Å²) in [7, 11) is 0. The Balaban J connectivity index is 2.31. The van der Waals surface area contributed by atoms with E-state index in [1.807, 2.05) is 11.8 Å². The molecule has 0 bridgehead atoms. The van der Waals surface area contributed by atoms with E-state index in [4.69, 9.17) is 11.1 Å². The minimum Gasteiger partial charge on any atom is -0.386 e. The Morgan fingerprint density at radius 3 is 2.60 bits per heavy atom. The van der Waals surface area contributed by atoms with Crippen LogP contribution in [0.4, 0.5) is 4.39 Å². The van der Waals surface area contributed by atoms with Gasteiger partial charge >= 0.3 is 0 Å². The van der Waals surface area contributed by atoms with Crippen molar-refractivity contribution >= 4 is 5.84 Å². The first-order chi connectivity index (χ1) is 4.61. The fourth-order valence-electron chi connectivity index (χ4n) is 0.968. The van der Waals surface area contributed by atoms with Crippen molar-refractivity contribution in [1.82, 2.24) is 4.90 Å². The zero-order chi connectivity index (χ0) is 7.72. The monoisotopic (exact) mass is 145 g/mol. The molecule has 0 amide bonds. The van der Waals surface area contributed by atoms with E-state index < -0.39 is 6.17 Å². The molecule has 0 saturated carbocycles. The van der Waals surface area contributed by atoms with Crippen LogP contribution in [0.3, 0.4) is 0 Å². The summed E-state index contributed by atoms with van der Waals surface area (Å²) < 4.78 is 12.2. The lowest BCUT2D eigenvalue weighted by atomic mass is 10.1. The Morgan fingerprint density at radius 2 is 2.30 bits per heavy atom. The summed E-state index contributed by atoms with van der Waals surface area (Å²) in [4.78, 5) is 1.84. The number of nitrogens with one attached hydrogen (secondary N) is 1. The maximum absolute atomic E-state index is 12.2. The molecule has 58 valence electrons. The molecule has 1 aliphatic rings. The molecular weight excluding hydrogens is 133 g/mol. The van der Waals surface area contributed by atoms with Crippen LogP contribution in [0.15, 0.2) is 0 Å². The number of alkyl halides is 1. The molecule has 1 aliphatic heterocycles. The largest absolute Gasteiger partial charge is 0.386 e. The zero-order valence-electron chi connectivity index (χ0n) is 5.97. The second-order valence-electron chi connectivity index (χ2n) is 2.68. The molecular formula is C6H12FN3.